The molecule has 0 aliphatic carbocycles. The van der Waals surface area contributed by atoms with Crippen molar-refractivity contribution in [2.45, 2.75) is 19.0 Å². The molecule has 0 bridgehead atoms. The van der Waals surface area contributed by atoms with E-state index in [1.54, 1.807) is 23.5 Å². The Kier molecular flexibility index (Phi) is 5.64. The quantitative estimate of drug-likeness (QED) is 0.685. The number of hydrogen-bond acceptors (Lipinski definition) is 4. The number of furan rings is 1. The van der Waals surface area contributed by atoms with E-state index in [0.29, 0.717) is 13.0 Å². The lowest BCUT2D eigenvalue weighted by atomic mass is 10.1. The summed E-state index contributed by atoms with van der Waals surface area (Å²) < 4.78 is 5.10. The van der Waals surface area contributed by atoms with Gasteiger partial charge < -0.3 is 15.1 Å². The zero-order valence-corrected chi connectivity index (χ0v) is 14.3. The molecule has 0 saturated heterocycles. The van der Waals surface area contributed by atoms with Gasteiger partial charge in [0.25, 0.3) is 5.91 Å². The van der Waals surface area contributed by atoms with E-state index in [9.17, 15) is 9.59 Å². The first-order chi connectivity index (χ1) is 12.2. The molecule has 2 heterocycles. The third kappa shape index (κ3) is 4.81. The van der Waals surface area contributed by atoms with Crippen molar-refractivity contribution in [3.8, 4) is 0 Å². The van der Waals surface area contributed by atoms with Gasteiger partial charge >= 0.3 is 0 Å². The zero-order chi connectivity index (χ0) is 17.5. The number of nitrogens with one attached hydrogen (secondary N) is 2. The van der Waals surface area contributed by atoms with Crippen LogP contribution in [-0.4, -0.2) is 17.9 Å². The van der Waals surface area contributed by atoms with Crippen molar-refractivity contribution in [1.29, 1.82) is 0 Å². The highest BCUT2D eigenvalue weighted by Gasteiger charge is 2.22. The largest absolute Gasteiger partial charge is 0.459 e. The van der Waals surface area contributed by atoms with Crippen molar-refractivity contribution in [1.82, 2.24) is 10.6 Å². The Morgan fingerprint density at radius 2 is 1.88 bits per heavy atom. The topological polar surface area (TPSA) is 71.3 Å². The second kappa shape index (κ2) is 8.30. The summed E-state index contributed by atoms with van der Waals surface area (Å²) in [6, 6.07) is 16.0. The van der Waals surface area contributed by atoms with Gasteiger partial charge in [0, 0.05) is 11.3 Å². The summed E-state index contributed by atoms with van der Waals surface area (Å²) in [7, 11) is 0. The molecule has 0 unspecified atom stereocenters. The lowest BCUT2D eigenvalue weighted by molar-refractivity contribution is -0.123. The summed E-state index contributed by atoms with van der Waals surface area (Å²) in [6.45, 7) is 0.443. The molecule has 2 amide bonds. The molecule has 3 rings (SSSR count). The third-order valence-corrected chi connectivity index (χ3v) is 4.54. The highest BCUT2D eigenvalue weighted by atomic mass is 32.1. The number of carbonyl (C=O) groups is 2. The van der Waals surface area contributed by atoms with Gasteiger partial charge in [-0.15, -0.1) is 11.3 Å². The number of amides is 2. The molecule has 0 radical (unpaired) electrons. The van der Waals surface area contributed by atoms with Crippen molar-refractivity contribution < 1.29 is 14.0 Å². The summed E-state index contributed by atoms with van der Waals surface area (Å²) in [4.78, 5) is 25.9. The van der Waals surface area contributed by atoms with Gasteiger partial charge in [-0.3, -0.25) is 9.59 Å². The van der Waals surface area contributed by atoms with Crippen molar-refractivity contribution in [2.24, 2.45) is 0 Å². The van der Waals surface area contributed by atoms with E-state index in [1.807, 2.05) is 47.8 Å². The Bertz CT molecular complexity index is 799. The van der Waals surface area contributed by atoms with E-state index in [-0.39, 0.29) is 11.7 Å². The van der Waals surface area contributed by atoms with E-state index < -0.39 is 11.9 Å². The van der Waals surface area contributed by atoms with Crippen LogP contribution < -0.4 is 10.6 Å². The first kappa shape index (κ1) is 17.0. The molecule has 0 spiro atoms. The fourth-order valence-electron chi connectivity index (χ4n) is 2.41. The van der Waals surface area contributed by atoms with E-state index in [0.717, 1.165) is 10.4 Å². The Morgan fingerprint density at radius 1 is 1.04 bits per heavy atom. The van der Waals surface area contributed by atoms with Crippen molar-refractivity contribution in [3.63, 3.8) is 0 Å². The molecule has 5 nitrogen and oxygen atoms in total. The van der Waals surface area contributed by atoms with Crippen LogP contribution in [0.1, 0.15) is 21.0 Å². The molecule has 2 aromatic heterocycles. The zero-order valence-electron chi connectivity index (χ0n) is 13.5. The molecule has 3 aromatic rings. The third-order valence-electron chi connectivity index (χ3n) is 3.67. The van der Waals surface area contributed by atoms with Gasteiger partial charge in [-0.1, -0.05) is 36.4 Å². The van der Waals surface area contributed by atoms with Gasteiger partial charge in [-0.2, -0.15) is 0 Å². The van der Waals surface area contributed by atoms with E-state index >= 15 is 0 Å². The molecule has 1 atom stereocenters. The van der Waals surface area contributed by atoms with E-state index in [2.05, 4.69) is 10.6 Å². The molecular formula is C19H18N2O3S. The molecule has 25 heavy (non-hydrogen) atoms. The smallest absolute Gasteiger partial charge is 0.287 e. The highest BCUT2D eigenvalue weighted by Crippen LogP contribution is 2.09. The lowest BCUT2D eigenvalue weighted by Crippen LogP contribution is -2.47. The maximum absolute atomic E-state index is 12.6. The molecular weight excluding hydrogens is 336 g/mol. The van der Waals surface area contributed by atoms with Crippen LogP contribution in [0.25, 0.3) is 0 Å². The average Bonchev–Trinajstić information content (AvgIpc) is 3.33. The van der Waals surface area contributed by atoms with Crippen LogP contribution in [0.15, 0.2) is 70.7 Å². The second-order valence-electron chi connectivity index (χ2n) is 5.49. The highest BCUT2D eigenvalue weighted by molar-refractivity contribution is 7.09. The number of thiophene rings is 1. The second-order valence-corrected chi connectivity index (χ2v) is 6.52. The summed E-state index contributed by atoms with van der Waals surface area (Å²) in [6.07, 6.45) is 1.83. The van der Waals surface area contributed by atoms with Crippen LogP contribution in [-0.2, 0) is 17.8 Å². The Morgan fingerprint density at radius 3 is 2.56 bits per heavy atom. The van der Waals surface area contributed by atoms with Gasteiger partial charge in [0.1, 0.15) is 6.04 Å². The van der Waals surface area contributed by atoms with Crippen LogP contribution in [0.3, 0.4) is 0 Å². The molecule has 128 valence electrons. The molecule has 0 fully saturated rings. The number of rotatable bonds is 7. The predicted octanol–water partition coefficient (Wildman–Crippen LogP) is 3.00. The van der Waals surface area contributed by atoms with Crippen LogP contribution in [0.5, 0.6) is 0 Å². The summed E-state index contributed by atoms with van der Waals surface area (Å²) in [5.74, 6) is -0.446. The van der Waals surface area contributed by atoms with E-state index in [4.69, 9.17) is 4.42 Å². The molecule has 2 N–H and O–H groups in total. The predicted molar refractivity (Wildman–Crippen MR) is 96.3 cm³/mol. The monoisotopic (exact) mass is 354 g/mol. The SMILES string of the molecule is O=C(N[C@H](Cc1ccccc1)C(=O)NCc1cccs1)c1ccco1. The summed E-state index contributed by atoms with van der Waals surface area (Å²) in [5.41, 5.74) is 0.971. The van der Waals surface area contributed by atoms with Crippen LogP contribution >= 0.6 is 11.3 Å². The average molecular weight is 354 g/mol. The van der Waals surface area contributed by atoms with Gasteiger partial charge in [-0.25, -0.2) is 0 Å². The number of carbonyl (C=O) groups excluding carboxylic acids is 2. The molecule has 0 aliphatic heterocycles. The van der Waals surface area contributed by atoms with Crippen molar-refractivity contribution in [2.75, 3.05) is 0 Å². The van der Waals surface area contributed by atoms with Crippen LogP contribution in [0.4, 0.5) is 0 Å². The van der Waals surface area contributed by atoms with Gasteiger partial charge in [0.05, 0.1) is 12.8 Å². The first-order valence-corrected chi connectivity index (χ1v) is 8.79. The minimum absolute atomic E-state index is 0.184. The minimum atomic E-state index is -0.681. The fraction of sp³-hybridized carbons (Fsp3) is 0.158. The molecule has 0 aliphatic rings. The number of benzene rings is 1. The maximum Gasteiger partial charge on any atom is 0.287 e. The fourth-order valence-corrected chi connectivity index (χ4v) is 3.05. The van der Waals surface area contributed by atoms with Crippen LogP contribution in [0.2, 0.25) is 0 Å². The van der Waals surface area contributed by atoms with Gasteiger partial charge in [0.2, 0.25) is 5.91 Å². The molecule has 6 heteroatoms. The van der Waals surface area contributed by atoms with Gasteiger partial charge in [0.15, 0.2) is 5.76 Å². The normalized spacial score (nSPS) is 11.7. The van der Waals surface area contributed by atoms with Crippen molar-refractivity contribution in [3.05, 3.63) is 82.4 Å². The standard InChI is InChI=1S/C19H18N2O3S/c22-18(20-13-15-8-5-11-25-15)16(12-14-6-2-1-3-7-14)21-19(23)17-9-4-10-24-17/h1-11,16H,12-13H2,(H,20,22)(H,21,23)/t16-/m1/s1. The van der Waals surface area contributed by atoms with Gasteiger partial charge in [-0.05, 0) is 29.1 Å². The number of hydrogen-bond donors (Lipinski definition) is 2. The Hall–Kier alpha value is -2.86. The summed E-state index contributed by atoms with van der Waals surface area (Å²) >= 11 is 1.58. The lowest BCUT2D eigenvalue weighted by Gasteiger charge is -2.18. The first-order valence-electron chi connectivity index (χ1n) is 7.91. The Labute approximate surface area is 149 Å². The Balaban J connectivity index is 1.68. The maximum atomic E-state index is 12.6. The summed E-state index contributed by atoms with van der Waals surface area (Å²) in [5, 5.41) is 7.60. The van der Waals surface area contributed by atoms with Crippen LogP contribution in [0, 0.1) is 0 Å². The van der Waals surface area contributed by atoms with E-state index in [1.165, 1.54) is 6.26 Å². The molecule has 1 aromatic carbocycles. The van der Waals surface area contributed by atoms with Crippen molar-refractivity contribution >= 4 is 23.2 Å². The molecule has 0 saturated carbocycles. The minimum Gasteiger partial charge on any atom is -0.459 e.